The molecule has 0 amide bonds. The van der Waals surface area contributed by atoms with Crippen molar-refractivity contribution < 1.29 is 0 Å². The van der Waals surface area contributed by atoms with Crippen LogP contribution >= 0.6 is 11.3 Å². The molecule has 1 heterocycles. The fraction of sp³-hybridized carbons (Fsp3) is 0.333. The van der Waals surface area contributed by atoms with Crippen molar-refractivity contribution in [1.82, 2.24) is 0 Å². The highest BCUT2D eigenvalue weighted by atomic mass is 32.1. The predicted molar refractivity (Wildman–Crippen MR) is 61.7 cm³/mol. The third-order valence-electron chi connectivity index (χ3n) is 3.00. The van der Waals surface area contributed by atoms with Crippen LogP contribution in [-0.2, 0) is 6.42 Å². The van der Waals surface area contributed by atoms with Crippen molar-refractivity contribution in [2.45, 2.75) is 24.8 Å². The molecule has 1 fully saturated rings. The van der Waals surface area contributed by atoms with Gasteiger partial charge in [-0.05, 0) is 41.7 Å². The van der Waals surface area contributed by atoms with Crippen molar-refractivity contribution in [3.05, 3.63) is 35.2 Å². The van der Waals surface area contributed by atoms with E-state index in [9.17, 15) is 0 Å². The summed E-state index contributed by atoms with van der Waals surface area (Å²) >= 11 is 1.83. The molecule has 1 aromatic heterocycles. The predicted octanol–water partition coefficient (Wildman–Crippen LogP) is 2.94. The van der Waals surface area contributed by atoms with Gasteiger partial charge in [0.05, 0.1) is 0 Å². The fourth-order valence-electron chi connectivity index (χ4n) is 1.89. The standard InChI is InChI=1S/C12H13NS/c13-12(5-6-12)7-9-8-14-11-4-2-1-3-10(9)11/h1-4,8H,5-7,13H2. The summed E-state index contributed by atoms with van der Waals surface area (Å²) in [5.41, 5.74) is 7.70. The van der Waals surface area contributed by atoms with E-state index >= 15 is 0 Å². The van der Waals surface area contributed by atoms with Gasteiger partial charge in [0.25, 0.3) is 0 Å². The first-order valence-corrected chi connectivity index (χ1v) is 5.89. The zero-order valence-electron chi connectivity index (χ0n) is 7.99. The van der Waals surface area contributed by atoms with Crippen LogP contribution in [0.5, 0.6) is 0 Å². The third-order valence-corrected chi connectivity index (χ3v) is 4.01. The normalized spacial score (nSPS) is 18.6. The Balaban J connectivity index is 2.04. The first kappa shape index (κ1) is 8.45. The Morgan fingerprint density at radius 3 is 2.86 bits per heavy atom. The van der Waals surface area contributed by atoms with Crippen LogP contribution in [0.15, 0.2) is 29.6 Å². The average molecular weight is 203 g/mol. The van der Waals surface area contributed by atoms with E-state index in [0.717, 1.165) is 6.42 Å². The molecule has 2 N–H and O–H groups in total. The minimum atomic E-state index is 0.129. The molecule has 2 aromatic rings. The molecule has 0 radical (unpaired) electrons. The fourth-order valence-corrected chi connectivity index (χ4v) is 2.85. The summed E-state index contributed by atoms with van der Waals surface area (Å²) < 4.78 is 1.38. The van der Waals surface area contributed by atoms with E-state index < -0.39 is 0 Å². The van der Waals surface area contributed by atoms with Crippen LogP contribution in [0.3, 0.4) is 0 Å². The zero-order valence-corrected chi connectivity index (χ0v) is 8.81. The molecule has 0 bridgehead atoms. The number of benzene rings is 1. The van der Waals surface area contributed by atoms with Crippen molar-refractivity contribution in [3.63, 3.8) is 0 Å². The molecule has 0 atom stereocenters. The lowest BCUT2D eigenvalue weighted by Gasteiger charge is -2.06. The topological polar surface area (TPSA) is 26.0 Å². The van der Waals surface area contributed by atoms with Crippen LogP contribution < -0.4 is 5.73 Å². The second-order valence-corrected chi connectivity index (χ2v) is 5.21. The van der Waals surface area contributed by atoms with Gasteiger partial charge in [-0.25, -0.2) is 0 Å². The number of rotatable bonds is 2. The maximum Gasteiger partial charge on any atom is 0.0345 e. The summed E-state index contributed by atoms with van der Waals surface area (Å²) in [7, 11) is 0. The average Bonchev–Trinajstić information content (AvgIpc) is 2.77. The highest BCUT2D eigenvalue weighted by Gasteiger charge is 2.38. The van der Waals surface area contributed by atoms with E-state index in [1.165, 1.54) is 28.5 Å². The van der Waals surface area contributed by atoms with Gasteiger partial charge in [0, 0.05) is 10.2 Å². The number of fused-ring (bicyclic) bond motifs is 1. The summed E-state index contributed by atoms with van der Waals surface area (Å²) in [5.74, 6) is 0. The lowest BCUT2D eigenvalue weighted by molar-refractivity contribution is 0.676. The molecule has 0 unspecified atom stereocenters. The van der Waals surface area contributed by atoms with Gasteiger partial charge in [0.1, 0.15) is 0 Å². The van der Waals surface area contributed by atoms with Gasteiger partial charge >= 0.3 is 0 Å². The van der Waals surface area contributed by atoms with Crippen LogP contribution in [0.1, 0.15) is 18.4 Å². The number of hydrogen-bond donors (Lipinski definition) is 1. The van der Waals surface area contributed by atoms with Gasteiger partial charge in [-0.1, -0.05) is 18.2 Å². The lowest BCUT2D eigenvalue weighted by atomic mass is 10.0. The van der Waals surface area contributed by atoms with Crippen LogP contribution in [0.25, 0.3) is 10.1 Å². The maximum absolute atomic E-state index is 6.13. The molecule has 1 aromatic carbocycles. The van der Waals surface area contributed by atoms with Crippen molar-refractivity contribution >= 4 is 21.4 Å². The summed E-state index contributed by atoms with van der Waals surface area (Å²) in [6.45, 7) is 0. The second-order valence-electron chi connectivity index (χ2n) is 4.30. The first-order valence-electron chi connectivity index (χ1n) is 5.01. The van der Waals surface area contributed by atoms with Gasteiger partial charge < -0.3 is 5.73 Å². The summed E-state index contributed by atoms with van der Waals surface area (Å²) in [6.07, 6.45) is 3.44. The van der Waals surface area contributed by atoms with Crippen molar-refractivity contribution in [3.8, 4) is 0 Å². The van der Waals surface area contributed by atoms with Gasteiger partial charge in [-0.2, -0.15) is 0 Å². The van der Waals surface area contributed by atoms with Gasteiger partial charge in [-0.3, -0.25) is 0 Å². The molecule has 2 heteroatoms. The summed E-state index contributed by atoms with van der Waals surface area (Å²) in [6, 6.07) is 8.58. The molecular formula is C12H13NS. The van der Waals surface area contributed by atoms with Gasteiger partial charge in [0.2, 0.25) is 0 Å². The van der Waals surface area contributed by atoms with E-state index in [4.69, 9.17) is 5.73 Å². The molecule has 0 spiro atoms. The Kier molecular flexibility index (Phi) is 1.70. The Morgan fingerprint density at radius 1 is 1.29 bits per heavy atom. The first-order chi connectivity index (χ1) is 6.77. The minimum Gasteiger partial charge on any atom is -0.325 e. The highest BCUT2D eigenvalue weighted by Crippen LogP contribution is 2.38. The van der Waals surface area contributed by atoms with Crippen LogP contribution in [-0.4, -0.2) is 5.54 Å². The van der Waals surface area contributed by atoms with E-state index in [0.29, 0.717) is 0 Å². The van der Waals surface area contributed by atoms with E-state index in [1.54, 1.807) is 0 Å². The third kappa shape index (κ3) is 1.35. The maximum atomic E-state index is 6.13. The number of hydrogen-bond acceptors (Lipinski definition) is 2. The van der Waals surface area contributed by atoms with Gasteiger partial charge in [-0.15, -0.1) is 11.3 Å². The zero-order chi connectivity index (χ0) is 9.60. The molecule has 1 aliphatic rings. The summed E-state index contributed by atoms with van der Waals surface area (Å²) in [4.78, 5) is 0. The molecular weight excluding hydrogens is 190 g/mol. The Labute approximate surface area is 87.5 Å². The van der Waals surface area contributed by atoms with Crippen molar-refractivity contribution in [2.75, 3.05) is 0 Å². The molecule has 72 valence electrons. The smallest absolute Gasteiger partial charge is 0.0345 e. The minimum absolute atomic E-state index is 0.129. The molecule has 1 saturated carbocycles. The Bertz CT molecular complexity index is 468. The van der Waals surface area contributed by atoms with E-state index in [-0.39, 0.29) is 5.54 Å². The summed E-state index contributed by atoms with van der Waals surface area (Å²) in [5, 5.41) is 3.66. The molecule has 3 rings (SSSR count). The SMILES string of the molecule is NC1(Cc2csc3ccccc23)CC1. The van der Waals surface area contributed by atoms with E-state index in [2.05, 4.69) is 29.6 Å². The highest BCUT2D eigenvalue weighted by molar-refractivity contribution is 7.17. The Morgan fingerprint density at radius 2 is 2.07 bits per heavy atom. The monoisotopic (exact) mass is 203 g/mol. The number of thiophene rings is 1. The second kappa shape index (κ2) is 2.81. The quantitative estimate of drug-likeness (QED) is 0.798. The number of nitrogens with two attached hydrogens (primary N) is 1. The van der Waals surface area contributed by atoms with Gasteiger partial charge in [0.15, 0.2) is 0 Å². The molecule has 1 nitrogen and oxygen atoms in total. The molecule has 1 aliphatic carbocycles. The van der Waals surface area contributed by atoms with Crippen molar-refractivity contribution in [2.24, 2.45) is 5.73 Å². The van der Waals surface area contributed by atoms with Crippen LogP contribution in [0, 0.1) is 0 Å². The van der Waals surface area contributed by atoms with Crippen LogP contribution in [0.4, 0.5) is 0 Å². The van der Waals surface area contributed by atoms with Crippen LogP contribution in [0.2, 0.25) is 0 Å². The molecule has 14 heavy (non-hydrogen) atoms. The molecule has 0 aliphatic heterocycles. The largest absolute Gasteiger partial charge is 0.325 e. The lowest BCUT2D eigenvalue weighted by Crippen LogP contribution is -2.24. The van der Waals surface area contributed by atoms with E-state index in [1.807, 2.05) is 11.3 Å². The molecule has 0 saturated heterocycles. The van der Waals surface area contributed by atoms with Crippen molar-refractivity contribution in [1.29, 1.82) is 0 Å². The Hall–Kier alpha value is -0.860.